The van der Waals surface area contributed by atoms with E-state index in [9.17, 15) is 4.79 Å². The molecule has 0 aliphatic carbocycles. The van der Waals surface area contributed by atoms with Crippen LogP contribution in [0, 0.1) is 0 Å². The Morgan fingerprint density at radius 1 is 1.62 bits per heavy atom. The van der Waals surface area contributed by atoms with Crippen molar-refractivity contribution in [1.82, 2.24) is 4.98 Å². The van der Waals surface area contributed by atoms with Crippen LogP contribution >= 0.6 is 0 Å². The quantitative estimate of drug-likeness (QED) is 0.707. The Kier molecular flexibility index (Phi) is 3.43. The molecule has 0 saturated heterocycles. The number of anilines is 1. The maximum absolute atomic E-state index is 11.4. The van der Waals surface area contributed by atoms with E-state index in [4.69, 9.17) is 0 Å². The second kappa shape index (κ2) is 4.60. The monoisotopic (exact) mass is 178 g/mol. The Morgan fingerprint density at radius 3 is 2.92 bits per heavy atom. The number of hydrogen-bond donors (Lipinski definition) is 0. The van der Waals surface area contributed by atoms with Gasteiger partial charge in [-0.15, -0.1) is 0 Å². The average Bonchev–Trinajstić information content (AvgIpc) is 2.18. The van der Waals surface area contributed by atoms with E-state index < -0.39 is 0 Å². The fourth-order valence-corrected chi connectivity index (χ4v) is 1.08. The summed E-state index contributed by atoms with van der Waals surface area (Å²) in [5.74, 6) is 0.135. The Balaban J connectivity index is 2.68. The van der Waals surface area contributed by atoms with Crippen molar-refractivity contribution in [1.29, 1.82) is 0 Å². The van der Waals surface area contributed by atoms with Crippen LogP contribution in [0.25, 0.3) is 0 Å². The molecule has 3 nitrogen and oxygen atoms in total. The standard InChI is InChI=1S/C10H14N2O/c1-3-5-10(13)12(2)9-6-4-7-11-8-9/h4,6-8H,3,5H2,1-2H3. The van der Waals surface area contributed by atoms with Gasteiger partial charge in [0.15, 0.2) is 0 Å². The van der Waals surface area contributed by atoms with Crippen molar-refractivity contribution in [3.63, 3.8) is 0 Å². The van der Waals surface area contributed by atoms with Crippen LogP contribution in [-0.4, -0.2) is 17.9 Å². The van der Waals surface area contributed by atoms with Gasteiger partial charge in [0.1, 0.15) is 0 Å². The molecule has 0 atom stereocenters. The molecule has 0 radical (unpaired) electrons. The van der Waals surface area contributed by atoms with Crippen LogP contribution in [0.3, 0.4) is 0 Å². The molecule has 0 aliphatic heterocycles. The maximum atomic E-state index is 11.4. The molecule has 0 bridgehead atoms. The highest BCUT2D eigenvalue weighted by molar-refractivity contribution is 5.92. The summed E-state index contributed by atoms with van der Waals surface area (Å²) in [6.07, 6.45) is 4.85. The highest BCUT2D eigenvalue weighted by Gasteiger charge is 2.08. The number of pyridine rings is 1. The van der Waals surface area contributed by atoms with E-state index >= 15 is 0 Å². The predicted octanol–water partition coefficient (Wildman–Crippen LogP) is 1.84. The number of aromatic nitrogens is 1. The smallest absolute Gasteiger partial charge is 0.226 e. The zero-order valence-corrected chi connectivity index (χ0v) is 8.03. The van der Waals surface area contributed by atoms with Crippen LogP contribution in [0.1, 0.15) is 19.8 Å². The molecule has 0 spiro atoms. The first-order chi connectivity index (χ1) is 6.25. The number of rotatable bonds is 3. The molecule has 0 aromatic carbocycles. The maximum Gasteiger partial charge on any atom is 0.226 e. The molecule has 0 fully saturated rings. The number of amides is 1. The average molecular weight is 178 g/mol. The van der Waals surface area contributed by atoms with Crippen LogP contribution in [0.4, 0.5) is 5.69 Å². The summed E-state index contributed by atoms with van der Waals surface area (Å²) < 4.78 is 0. The third-order valence-corrected chi connectivity index (χ3v) is 1.87. The van der Waals surface area contributed by atoms with E-state index in [1.165, 1.54) is 0 Å². The number of hydrogen-bond acceptors (Lipinski definition) is 2. The lowest BCUT2D eigenvalue weighted by Crippen LogP contribution is -2.25. The lowest BCUT2D eigenvalue weighted by atomic mass is 10.3. The van der Waals surface area contributed by atoms with Gasteiger partial charge in [-0.3, -0.25) is 9.78 Å². The SMILES string of the molecule is CCCC(=O)N(C)c1cccnc1. The largest absolute Gasteiger partial charge is 0.314 e. The second-order valence-corrected chi connectivity index (χ2v) is 2.91. The molecule has 0 N–H and O–H groups in total. The molecular weight excluding hydrogens is 164 g/mol. The van der Waals surface area contributed by atoms with Crippen molar-refractivity contribution >= 4 is 11.6 Å². The zero-order chi connectivity index (χ0) is 9.68. The zero-order valence-electron chi connectivity index (χ0n) is 8.03. The summed E-state index contributed by atoms with van der Waals surface area (Å²) in [6, 6.07) is 3.70. The summed E-state index contributed by atoms with van der Waals surface area (Å²) >= 11 is 0. The van der Waals surface area contributed by atoms with Crippen LogP contribution in [0.15, 0.2) is 24.5 Å². The summed E-state index contributed by atoms with van der Waals surface area (Å²) in [7, 11) is 1.77. The minimum atomic E-state index is 0.135. The summed E-state index contributed by atoms with van der Waals surface area (Å²) in [4.78, 5) is 17.0. The Labute approximate surface area is 78.4 Å². The Bertz CT molecular complexity index is 272. The van der Waals surface area contributed by atoms with Crippen molar-refractivity contribution in [3.05, 3.63) is 24.5 Å². The molecule has 70 valence electrons. The van der Waals surface area contributed by atoms with Crippen LogP contribution < -0.4 is 4.90 Å². The van der Waals surface area contributed by atoms with Crippen molar-refractivity contribution in [2.45, 2.75) is 19.8 Å². The van der Waals surface area contributed by atoms with Crippen LogP contribution in [0.5, 0.6) is 0 Å². The van der Waals surface area contributed by atoms with E-state index in [0.717, 1.165) is 12.1 Å². The van der Waals surface area contributed by atoms with E-state index in [-0.39, 0.29) is 5.91 Å². The Morgan fingerprint density at radius 2 is 2.38 bits per heavy atom. The van der Waals surface area contributed by atoms with Gasteiger partial charge in [-0.1, -0.05) is 6.92 Å². The Hall–Kier alpha value is -1.38. The van der Waals surface area contributed by atoms with Crippen LogP contribution in [-0.2, 0) is 4.79 Å². The van der Waals surface area contributed by atoms with Gasteiger partial charge in [0, 0.05) is 19.7 Å². The third kappa shape index (κ3) is 2.54. The fourth-order valence-electron chi connectivity index (χ4n) is 1.08. The van der Waals surface area contributed by atoms with E-state index in [1.54, 1.807) is 24.3 Å². The number of carbonyl (C=O) groups excluding carboxylic acids is 1. The minimum Gasteiger partial charge on any atom is -0.314 e. The first-order valence-corrected chi connectivity index (χ1v) is 4.42. The molecule has 1 rings (SSSR count). The second-order valence-electron chi connectivity index (χ2n) is 2.91. The molecule has 1 amide bonds. The van der Waals surface area contributed by atoms with Crippen molar-refractivity contribution in [2.75, 3.05) is 11.9 Å². The third-order valence-electron chi connectivity index (χ3n) is 1.87. The van der Waals surface area contributed by atoms with Crippen molar-refractivity contribution < 1.29 is 4.79 Å². The minimum absolute atomic E-state index is 0.135. The number of nitrogens with zero attached hydrogens (tertiary/aromatic N) is 2. The molecule has 3 heteroatoms. The van der Waals surface area contributed by atoms with Crippen LogP contribution in [0.2, 0.25) is 0 Å². The molecule has 1 aromatic rings. The normalized spacial score (nSPS) is 9.69. The van der Waals surface area contributed by atoms with Gasteiger partial charge in [0.2, 0.25) is 5.91 Å². The van der Waals surface area contributed by atoms with E-state index in [1.807, 2.05) is 19.1 Å². The molecule has 0 unspecified atom stereocenters. The van der Waals surface area contributed by atoms with Crippen molar-refractivity contribution in [3.8, 4) is 0 Å². The van der Waals surface area contributed by atoms with Gasteiger partial charge in [0.25, 0.3) is 0 Å². The molecule has 0 saturated carbocycles. The van der Waals surface area contributed by atoms with Gasteiger partial charge in [-0.25, -0.2) is 0 Å². The topological polar surface area (TPSA) is 33.2 Å². The summed E-state index contributed by atoms with van der Waals surface area (Å²) in [5, 5.41) is 0. The molecule has 1 heterocycles. The van der Waals surface area contributed by atoms with Gasteiger partial charge in [0.05, 0.1) is 11.9 Å². The first-order valence-electron chi connectivity index (χ1n) is 4.42. The lowest BCUT2D eigenvalue weighted by molar-refractivity contribution is -0.118. The summed E-state index contributed by atoms with van der Waals surface area (Å²) in [5.41, 5.74) is 0.848. The molecule has 0 aliphatic rings. The highest BCUT2D eigenvalue weighted by Crippen LogP contribution is 2.10. The molecular formula is C10H14N2O. The van der Waals surface area contributed by atoms with Gasteiger partial charge in [-0.2, -0.15) is 0 Å². The van der Waals surface area contributed by atoms with Gasteiger partial charge in [-0.05, 0) is 18.6 Å². The number of carbonyl (C=O) groups is 1. The predicted molar refractivity (Wildman–Crippen MR) is 52.6 cm³/mol. The lowest BCUT2D eigenvalue weighted by Gasteiger charge is -2.15. The van der Waals surface area contributed by atoms with Crippen molar-refractivity contribution in [2.24, 2.45) is 0 Å². The highest BCUT2D eigenvalue weighted by atomic mass is 16.2. The molecule has 13 heavy (non-hydrogen) atoms. The van der Waals surface area contributed by atoms with E-state index in [2.05, 4.69) is 4.98 Å². The van der Waals surface area contributed by atoms with E-state index in [0.29, 0.717) is 6.42 Å². The first kappa shape index (κ1) is 9.71. The fraction of sp³-hybridized carbons (Fsp3) is 0.400. The van der Waals surface area contributed by atoms with Gasteiger partial charge >= 0.3 is 0 Å². The molecule has 1 aromatic heterocycles. The van der Waals surface area contributed by atoms with Gasteiger partial charge < -0.3 is 4.90 Å². The summed E-state index contributed by atoms with van der Waals surface area (Å²) in [6.45, 7) is 2.00.